The van der Waals surface area contributed by atoms with Crippen LogP contribution >= 0.6 is 15.9 Å². The average molecular weight is 329 g/mol. The molecule has 2 aromatic carbocycles. The molecule has 2 N–H and O–H groups in total. The van der Waals surface area contributed by atoms with E-state index in [0.29, 0.717) is 12.2 Å². The quantitative estimate of drug-likeness (QED) is 0.906. The van der Waals surface area contributed by atoms with Crippen molar-refractivity contribution in [1.82, 2.24) is 4.72 Å². The number of anilines is 1. The summed E-state index contributed by atoms with van der Waals surface area (Å²) in [7, 11) is -3.50. The van der Waals surface area contributed by atoms with E-state index < -0.39 is 10.2 Å². The molecule has 0 bridgehead atoms. The van der Waals surface area contributed by atoms with Crippen molar-refractivity contribution in [3.8, 4) is 0 Å². The second kappa shape index (κ2) is 5.26. The lowest BCUT2D eigenvalue weighted by molar-refractivity contribution is 0.589. The zero-order chi connectivity index (χ0) is 13.2. The van der Waals surface area contributed by atoms with Crippen LogP contribution in [0, 0.1) is 0 Å². The molecule has 0 amide bonds. The Balaban J connectivity index is 2.50. The Kier molecular flexibility index (Phi) is 3.89. The Morgan fingerprint density at radius 3 is 2.44 bits per heavy atom. The van der Waals surface area contributed by atoms with Crippen LogP contribution in [-0.2, 0) is 10.2 Å². The van der Waals surface area contributed by atoms with Gasteiger partial charge in [-0.15, -0.1) is 0 Å². The molecule has 0 aromatic heterocycles. The predicted molar refractivity (Wildman–Crippen MR) is 77.9 cm³/mol. The summed E-state index contributed by atoms with van der Waals surface area (Å²) in [5, 5.41) is 1.82. The highest BCUT2D eigenvalue weighted by Gasteiger charge is 2.11. The lowest BCUT2D eigenvalue weighted by Crippen LogP contribution is -2.29. The van der Waals surface area contributed by atoms with Crippen LogP contribution in [0.3, 0.4) is 0 Å². The van der Waals surface area contributed by atoms with E-state index in [9.17, 15) is 8.42 Å². The Morgan fingerprint density at radius 2 is 1.78 bits per heavy atom. The molecule has 0 radical (unpaired) electrons. The van der Waals surface area contributed by atoms with Gasteiger partial charge >= 0.3 is 0 Å². The summed E-state index contributed by atoms with van der Waals surface area (Å²) in [5.41, 5.74) is 0.565. The first-order valence-electron chi connectivity index (χ1n) is 5.48. The Labute approximate surface area is 115 Å². The molecule has 18 heavy (non-hydrogen) atoms. The second-order valence-corrected chi connectivity index (χ2v) is 6.10. The van der Waals surface area contributed by atoms with Gasteiger partial charge in [-0.1, -0.05) is 47.1 Å². The highest BCUT2D eigenvalue weighted by molar-refractivity contribution is 9.10. The molecule has 0 aliphatic carbocycles. The number of hydrogen-bond acceptors (Lipinski definition) is 2. The van der Waals surface area contributed by atoms with E-state index in [-0.39, 0.29) is 0 Å². The molecule has 0 spiro atoms. The number of benzene rings is 2. The van der Waals surface area contributed by atoms with E-state index >= 15 is 0 Å². The molecule has 0 saturated carbocycles. The molecule has 0 heterocycles. The third-order valence-electron chi connectivity index (χ3n) is 2.45. The number of fused-ring (bicyclic) bond motifs is 1. The molecule has 6 heteroatoms. The minimum absolute atomic E-state index is 0.351. The van der Waals surface area contributed by atoms with Gasteiger partial charge in [-0.2, -0.15) is 13.1 Å². The zero-order valence-corrected chi connectivity index (χ0v) is 12.2. The first-order valence-corrected chi connectivity index (χ1v) is 7.76. The van der Waals surface area contributed by atoms with E-state index in [2.05, 4.69) is 25.4 Å². The van der Waals surface area contributed by atoms with Crippen molar-refractivity contribution >= 4 is 42.6 Å². The SMILES string of the molecule is CCNS(=O)(=O)Nc1ccc(Br)c2ccccc12. The largest absolute Gasteiger partial charge is 0.299 e. The van der Waals surface area contributed by atoms with Gasteiger partial charge in [0.25, 0.3) is 10.2 Å². The topological polar surface area (TPSA) is 58.2 Å². The lowest BCUT2D eigenvalue weighted by atomic mass is 10.1. The van der Waals surface area contributed by atoms with Gasteiger partial charge in [-0.05, 0) is 17.5 Å². The van der Waals surface area contributed by atoms with Gasteiger partial charge in [0.1, 0.15) is 0 Å². The number of halogens is 1. The van der Waals surface area contributed by atoms with E-state index in [1.165, 1.54) is 0 Å². The van der Waals surface area contributed by atoms with Crippen LogP contribution in [0.5, 0.6) is 0 Å². The highest BCUT2D eigenvalue weighted by atomic mass is 79.9. The Hall–Kier alpha value is -1.11. The highest BCUT2D eigenvalue weighted by Crippen LogP contribution is 2.30. The fourth-order valence-electron chi connectivity index (χ4n) is 1.72. The van der Waals surface area contributed by atoms with Crippen molar-refractivity contribution in [2.45, 2.75) is 6.92 Å². The van der Waals surface area contributed by atoms with Gasteiger partial charge in [0.15, 0.2) is 0 Å². The Morgan fingerprint density at radius 1 is 1.11 bits per heavy atom. The van der Waals surface area contributed by atoms with Crippen molar-refractivity contribution < 1.29 is 8.42 Å². The van der Waals surface area contributed by atoms with Gasteiger partial charge in [0.05, 0.1) is 5.69 Å². The summed E-state index contributed by atoms with van der Waals surface area (Å²) in [5.74, 6) is 0. The average Bonchev–Trinajstić information content (AvgIpc) is 2.33. The molecule has 0 unspecified atom stereocenters. The molecule has 2 aromatic rings. The molecule has 2 rings (SSSR count). The van der Waals surface area contributed by atoms with Crippen LogP contribution in [-0.4, -0.2) is 15.0 Å². The molecule has 96 valence electrons. The zero-order valence-electron chi connectivity index (χ0n) is 9.77. The number of hydrogen-bond donors (Lipinski definition) is 2. The first kappa shape index (κ1) is 13.3. The van der Waals surface area contributed by atoms with Crippen LogP contribution < -0.4 is 9.44 Å². The summed E-state index contributed by atoms with van der Waals surface area (Å²) in [6.07, 6.45) is 0. The van der Waals surface area contributed by atoms with Gasteiger partial charge in [-0.25, -0.2) is 0 Å². The maximum absolute atomic E-state index is 11.7. The summed E-state index contributed by atoms with van der Waals surface area (Å²) in [6.45, 7) is 2.09. The van der Waals surface area contributed by atoms with E-state index in [1.54, 1.807) is 13.0 Å². The lowest BCUT2D eigenvalue weighted by Gasteiger charge is -2.11. The normalized spacial score (nSPS) is 11.7. The molecular formula is C12H13BrN2O2S. The molecule has 0 saturated heterocycles. The smallest absolute Gasteiger partial charge is 0.270 e. The van der Waals surface area contributed by atoms with Crippen LogP contribution in [0.2, 0.25) is 0 Å². The van der Waals surface area contributed by atoms with Crippen molar-refractivity contribution in [2.24, 2.45) is 0 Å². The summed E-state index contributed by atoms with van der Waals surface area (Å²) < 4.78 is 29.3. The predicted octanol–water partition coefficient (Wildman–Crippen LogP) is 2.87. The first-order chi connectivity index (χ1) is 8.53. The van der Waals surface area contributed by atoms with Gasteiger partial charge in [-0.3, -0.25) is 4.72 Å². The van der Waals surface area contributed by atoms with Crippen molar-refractivity contribution in [2.75, 3.05) is 11.3 Å². The summed E-state index contributed by atoms with van der Waals surface area (Å²) >= 11 is 3.45. The fourth-order valence-corrected chi connectivity index (χ4v) is 3.12. The van der Waals surface area contributed by atoms with Crippen molar-refractivity contribution in [3.05, 3.63) is 40.9 Å². The summed E-state index contributed by atoms with van der Waals surface area (Å²) in [6, 6.07) is 11.2. The third-order valence-corrected chi connectivity index (χ3v) is 4.30. The number of rotatable bonds is 4. The minimum atomic E-state index is -3.50. The standard InChI is InChI=1S/C12H13BrN2O2S/c1-2-14-18(16,17)15-12-8-7-11(13)9-5-3-4-6-10(9)12/h3-8,14-15H,2H2,1H3. The van der Waals surface area contributed by atoms with Crippen LogP contribution in [0.25, 0.3) is 10.8 Å². The van der Waals surface area contributed by atoms with Crippen molar-refractivity contribution in [3.63, 3.8) is 0 Å². The monoisotopic (exact) mass is 328 g/mol. The third kappa shape index (κ3) is 2.82. The summed E-state index contributed by atoms with van der Waals surface area (Å²) in [4.78, 5) is 0. The Bertz CT molecular complexity index is 671. The molecule has 0 aliphatic heterocycles. The molecule has 0 aliphatic rings. The molecular weight excluding hydrogens is 316 g/mol. The van der Waals surface area contributed by atoms with Crippen LogP contribution in [0.15, 0.2) is 40.9 Å². The number of nitrogens with one attached hydrogen (secondary N) is 2. The van der Waals surface area contributed by atoms with Gasteiger partial charge in [0, 0.05) is 16.4 Å². The van der Waals surface area contributed by atoms with E-state index in [1.807, 2.05) is 30.3 Å². The maximum Gasteiger partial charge on any atom is 0.299 e. The van der Waals surface area contributed by atoms with Gasteiger partial charge in [0.2, 0.25) is 0 Å². The second-order valence-electron chi connectivity index (χ2n) is 3.74. The minimum Gasteiger partial charge on any atom is -0.270 e. The van der Waals surface area contributed by atoms with Crippen LogP contribution in [0.1, 0.15) is 6.92 Å². The van der Waals surface area contributed by atoms with Crippen molar-refractivity contribution in [1.29, 1.82) is 0 Å². The van der Waals surface area contributed by atoms with Gasteiger partial charge < -0.3 is 0 Å². The van der Waals surface area contributed by atoms with Crippen LogP contribution in [0.4, 0.5) is 5.69 Å². The maximum atomic E-state index is 11.7. The van der Waals surface area contributed by atoms with E-state index in [4.69, 9.17) is 0 Å². The van der Waals surface area contributed by atoms with E-state index in [0.717, 1.165) is 15.2 Å². The fraction of sp³-hybridized carbons (Fsp3) is 0.167. The molecule has 0 fully saturated rings. The molecule has 4 nitrogen and oxygen atoms in total. The molecule has 0 atom stereocenters.